The van der Waals surface area contributed by atoms with Crippen molar-refractivity contribution in [1.82, 2.24) is 0 Å². The van der Waals surface area contributed by atoms with E-state index in [1.54, 1.807) is 18.7 Å². The first-order valence-corrected chi connectivity index (χ1v) is 9.85. The van der Waals surface area contributed by atoms with Gasteiger partial charge in [-0.05, 0) is 42.2 Å². The van der Waals surface area contributed by atoms with E-state index in [1.807, 2.05) is 30.5 Å². The summed E-state index contributed by atoms with van der Waals surface area (Å²) in [6.45, 7) is 4.98. The molecule has 1 unspecified atom stereocenters. The molecule has 4 nitrogen and oxygen atoms in total. The van der Waals surface area contributed by atoms with Gasteiger partial charge in [-0.25, -0.2) is 4.79 Å². The Morgan fingerprint density at radius 2 is 1.85 bits per heavy atom. The molecule has 0 aliphatic heterocycles. The molecule has 5 heteroatoms. The van der Waals surface area contributed by atoms with Crippen LogP contribution in [0.3, 0.4) is 0 Å². The number of aliphatic hydroxyl groups is 1. The summed E-state index contributed by atoms with van der Waals surface area (Å²) in [6.07, 6.45) is 1.11. The summed E-state index contributed by atoms with van der Waals surface area (Å²) < 4.78 is 11.0. The van der Waals surface area contributed by atoms with E-state index in [1.165, 1.54) is 0 Å². The van der Waals surface area contributed by atoms with E-state index in [-0.39, 0.29) is 13.2 Å². The van der Waals surface area contributed by atoms with Crippen LogP contribution in [0.5, 0.6) is 5.75 Å². The van der Waals surface area contributed by atoms with Crippen molar-refractivity contribution >= 4 is 39.3 Å². The maximum atomic E-state index is 11.5. The normalized spacial score (nSPS) is 12.1. The molecule has 140 valence electrons. The highest BCUT2D eigenvalue weighted by Crippen LogP contribution is 2.36. The zero-order valence-corrected chi connectivity index (χ0v) is 16.2. The quantitative estimate of drug-likeness (QED) is 0.281. The van der Waals surface area contributed by atoms with Crippen molar-refractivity contribution in [2.45, 2.75) is 17.9 Å². The topological polar surface area (TPSA) is 55.8 Å². The molecule has 0 heterocycles. The molecule has 0 aliphatic rings. The molecule has 0 spiro atoms. The summed E-state index contributed by atoms with van der Waals surface area (Å²) in [5.41, 5.74) is 0.299. The third-order valence-electron chi connectivity index (χ3n) is 4.20. The predicted octanol–water partition coefficient (Wildman–Crippen LogP) is 4.57. The number of fused-ring (bicyclic) bond motifs is 2. The number of thioether (sulfide) groups is 1. The third kappa shape index (κ3) is 4.43. The minimum absolute atomic E-state index is 0.0239. The molecular formula is C22H22O4S. The van der Waals surface area contributed by atoms with Crippen molar-refractivity contribution < 1.29 is 19.4 Å². The molecule has 27 heavy (non-hydrogen) atoms. The Hall–Kier alpha value is -2.50. The molecule has 0 bridgehead atoms. The fourth-order valence-electron chi connectivity index (χ4n) is 2.81. The Morgan fingerprint density at radius 3 is 2.59 bits per heavy atom. The molecule has 0 aromatic heterocycles. The SMILES string of the molecule is C=C(C)C(=O)OCC(O)COc1c2ccccc2cc2ccc(SC)cc12. The van der Waals surface area contributed by atoms with Crippen molar-refractivity contribution in [2.24, 2.45) is 0 Å². The highest BCUT2D eigenvalue weighted by Gasteiger charge is 2.14. The minimum atomic E-state index is -0.925. The van der Waals surface area contributed by atoms with Gasteiger partial charge in [-0.3, -0.25) is 0 Å². The van der Waals surface area contributed by atoms with Gasteiger partial charge in [-0.15, -0.1) is 11.8 Å². The monoisotopic (exact) mass is 382 g/mol. The number of carbonyl (C=O) groups is 1. The smallest absolute Gasteiger partial charge is 0.333 e. The van der Waals surface area contributed by atoms with Crippen LogP contribution in [0.25, 0.3) is 21.5 Å². The van der Waals surface area contributed by atoms with E-state index in [0.717, 1.165) is 32.2 Å². The van der Waals surface area contributed by atoms with Gasteiger partial charge in [0.05, 0.1) is 0 Å². The number of hydrogen-bond donors (Lipinski definition) is 1. The van der Waals surface area contributed by atoms with Gasteiger partial charge in [0.25, 0.3) is 0 Å². The first-order valence-electron chi connectivity index (χ1n) is 8.62. The van der Waals surface area contributed by atoms with Crippen LogP contribution in [0.2, 0.25) is 0 Å². The number of esters is 1. The predicted molar refractivity (Wildman–Crippen MR) is 111 cm³/mol. The van der Waals surface area contributed by atoms with Crippen molar-refractivity contribution in [1.29, 1.82) is 0 Å². The van der Waals surface area contributed by atoms with Crippen LogP contribution in [0.1, 0.15) is 6.92 Å². The molecule has 1 N–H and O–H groups in total. The highest BCUT2D eigenvalue weighted by atomic mass is 32.2. The molecular weight excluding hydrogens is 360 g/mol. The number of ether oxygens (including phenoxy) is 2. The molecule has 0 fully saturated rings. The molecule has 3 aromatic rings. The first-order chi connectivity index (χ1) is 13.0. The van der Waals surface area contributed by atoms with E-state index >= 15 is 0 Å². The molecule has 3 aromatic carbocycles. The average molecular weight is 382 g/mol. The highest BCUT2D eigenvalue weighted by molar-refractivity contribution is 7.98. The maximum absolute atomic E-state index is 11.5. The van der Waals surface area contributed by atoms with E-state index in [4.69, 9.17) is 9.47 Å². The Labute approximate surface area is 162 Å². The Bertz CT molecular complexity index is 996. The average Bonchev–Trinajstić information content (AvgIpc) is 2.68. The largest absolute Gasteiger partial charge is 0.489 e. The van der Waals surface area contributed by atoms with Crippen LogP contribution in [0.4, 0.5) is 0 Å². The van der Waals surface area contributed by atoms with Gasteiger partial charge < -0.3 is 14.6 Å². The van der Waals surface area contributed by atoms with Gasteiger partial charge >= 0.3 is 5.97 Å². The molecule has 0 saturated heterocycles. The zero-order valence-electron chi connectivity index (χ0n) is 15.4. The second kappa shape index (κ2) is 8.46. The number of carbonyl (C=O) groups excluding carboxylic acids is 1. The van der Waals surface area contributed by atoms with Gasteiger partial charge in [-0.1, -0.05) is 36.9 Å². The van der Waals surface area contributed by atoms with Crippen LogP contribution in [-0.4, -0.2) is 36.6 Å². The van der Waals surface area contributed by atoms with Crippen LogP contribution in [0.15, 0.2) is 65.6 Å². The lowest BCUT2D eigenvalue weighted by molar-refractivity contribution is -0.142. The van der Waals surface area contributed by atoms with Crippen LogP contribution >= 0.6 is 11.8 Å². The van der Waals surface area contributed by atoms with Crippen molar-refractivity contribution in [3.8, 4) is 5.75 Å². The lowest BCUT2D eigenvalue weighted by atomic mass is 10.0. The summed E-state index contributed by atoms with van der Waals surface area (Å²) in [7, 11) is 0. The standard InChI is InChI=1S/C22H22O4S/c1-14(2)22(24)26-13-17(23)12-25-21-19-7-5-4-6-15(19)10-16-8-9-18(27-3)11-20(16)21/h4-11,17,23H,1,12-13H2,2-3H3. The maximum Gasteiger partial charge on any atom is 0.333 e. The summed E-state index contributed by atoms with van der Waals surface area (Å²) in [5, 5.41) is 14.3. The second-order valence-electron chi connectivity index (χ2n) is 6.36. The summed E-state index contributed by atoms with van der Waals surface area (Å²) in [4.78, 5) is 12.6. The van der Waals surface area contributed by atoms with Gasteiger partial charge in [0, 0.05) is 21.2 Å². The summed E-state index contributed by atoms with van der Waals surface area (Å²) in [6, 6.07) is 16.4. The zero-order chi connectivity index (χ0) is 19.4. The van der Waals surface area contributed by atoms with Gasteiger partial charge in [0.1, 0.15) is 25.1 Å². The number of aliphatic hydroxyl groups excluding tert-OH is 1. The number of benzene rings is 3. The van der Waals surface area contributed by atoms with Gasteiger partial charge in [0.15, 0.2) is 0 Å². The lowest BCUT2D eigenvalue weighted by Crippen LogP contribution is -2.25. The summed E-state index contributed by atoms with van der Waals surface area (Å²) >= 11 is 1.67. The third-order valence-corrected chi connectivity index (χ3v) is 4.92. The Balaban J connectivity index is 1.88. The van der Waals surface area contributed by atoms with E-state index in [9.17, 15) is 9.90 Å². The van der Waals surface area contributed by atoms with Gasteiger partial charge in [-0.2, -0.15) is 0 Å². The fourth-order valence-corrected chi connectivity index (χ4v) is 3.25. The number of hydrogen-bond acceptors (Lipinski definition) is 5. The fraction of sp³-hybridized carbons (Fsp3) is 0.227. The van der Waals surface area contributed by atoms with Crippen molar-refractivity contribution in [3.63, 3.8) is 0 Å². The molecule has 0 aliphatic carbocycles. The van der Waals surface area contributed by atoms with Crippen LogP contribution in [-0.2, 0) is 9.53 Å². The Kier molecular flexibility index (Phi) is 6.04. The van der Waals surface area contributed by atoms with E-state index in [0.29, 0.717) is 5.57 Å². The molecule has 3 rings (SSSR count). The molecule has 0 amide bonds. The lowest BCUT2D eigenvalue weighted by Gasteiger charge is -2.17. The summed E-state index contributed by atoms with van der Waals surface area (Å²) in [5.74, 6) is 0.207. The van der Waals surface area contributed by atoms with Gasteiger partial charge in [0.2, 0.25) is 0 Å². The van der Waals surface area contributed by atoms with Crippen molar-refractivity contribution in [2.75, 3.05) is 19.5 Å². The molecule has 0 radical (unpaired) electrons. The Morgan fingerprint density at radius 1 is 1.11 bits per heavy atom. The van der Waals surface area contributed by atoms with Crippen molar-refractivity contribution in [3.05, 3.63) is 60.7 Å². The second-order valence-corrected chi connectivity index (χ2v) is 7.24. The molecule has 1 atom stereocenters. The number of rotatable bonds is 7. The first kappa shape index (κ1) is 19.3. The molecule has 0 saturated carbocycles. The minimum Gasteiger partial charge on any atom is -0.489 e. The van der Waals surface area contributed by atoms with Crippen LogP contribution in [0, 0.1) is 0 Å². The van der Waals surface area contributed by atoms with Crippen LogP contribution < -0.4 is 4.74 Å². The van der Waals surface area contributed by atoms with E-state index < -0.39 is 12.1 Å². The van der Waals surface area contributed by atoms with E-state index in [2.05, 4.69) is 30.8 Å².